The molecule has 1 aliphatic rings. The van der Waals surface area contributed by atoms with E-state index in [0.717, 1.165) is 5.56 Å². The fraction of sp³-hybridized carbons (Fsp3) is 0.308. The van der Waals surface area contributed by atoms with Gasteiger partial charge >= 0.3 is 12.0 Å². The predicted octanol–water partition coefficient (Wildman–Crippen LogP) is 1.28. The van der Waals surface area contributed by atoms with Crippen molar-refractivity contribution in [1.29, 1.82) is 0 Å². The summed E-state index contributed by atoms with van der Waals surface area (Å²) >= 11 is 5.79. The lowest BCUT2D eigenvalue weighted by atomic mass is 9.93. The molecule has 1 aromatic rings. The number of carbonyl (C=O) groups is 3. The summed E-state index contributed by atoms with van der Waals surface area (Å²) in [6, 6.07) is 6.21. The molecule has 1 heterocycles. The third kappa shape index (κ3) is 2.75. The first-order valence-electron chi connectivity index (χ1n) is 5.92. The highest BCUT2D eigenvalue weighted by atomic mass is 35.5. The summed E-state index contributed by atoms with van der Waals surface area (Å²) in [5.74, 6) is -1.77. The lowest BCUT2D eigenvalue weighted by Gasteiger charge is -2.21. The maximum atomic E-state index is 12.2. The zero-order valence-electron chi connectivity index (χ0n) is 10.7. The number of carbonyl (C=O) groups excluding carboxylic acids is 2. The third-order valence-corrected chi connectivity index (χ3v) is 3.36. The number of nitrogens with one attached hydrogen (secondary N) is 1. The minimum Gasteiger partial charge on any atom is -0.480 e. The van der Waals surface area contributed by atoms with Crippen LogP contribution >= 0.6 is 11.6 Å². The number of hydrogen-bond donors (Lipinski definition) is 2. The summed E-state index contributed by atoms with van der Waals surface area (Å²) in [6.45, 7) is 0.935. The van der Waals surface area contributed by atoms with Crippen LogP contribution in [0.1, 0.15) is 12.5 Å². The number of nitrogens with zero attached hydrogens (tertiary/aromatic N) is 1. The second-order valence-electron chi connectivity index (χ2n) is 4.85. The highest BCUT2D eigenvalue weighted by molar-refractivity contribution is 6.30. The van der Waals surface area contributed by atoms with Gasteiger partial charge in [0, 0.05) is 11.4 Å². The van der Waals surface area contributed by atoms with Crippen molar-refractivity contribution >= 4 is 29.5 Å². The minimum absolute atomic E-state index is 0.269. The van der Waals surface area contributed by atoms with Crippen LogP contribution in [-0.2, 0) is 16.0 Å². The van der Waals surface area contributed by atoms with Crippen molar-refractivity contribution in [3.8, 4) is 0 Å². The Morgan fingerprint density at radius 1 is 1.35 bits per heavy atom. The second kappa shape index (κ2) is 5.13. The van der Waals surface area contributed by atoms with Crippen LogP contribution in [0, 0.1) is 0 Å². The molecule has 0 spiro atoms. The van der Waals surface area contributed by atoms with E-state index < -0.39 is 30.0 Å². The molecule has 1 aliphatic heterocycles. The molecule has 0 saturated carbocycles. The van der Waals surface area contributed by atoms with Crippen LogP contribution in [0.5, 0.6) is 0 Å². The van der Waals surface area contributed by atoms with Gasteiger partial charge in [-0.3, -0.25) is 14.5 Å². The van der Waals surface area contributed by atoms with Crippen LogP contribution < -0.4 is 5.32 Å². The largest absolute Gasteiger partial charge is 0.480 e. The van der Waals surface area contributed by atoms with Crippen molar-refractivity contribution in [2.24, 2.45) is 0 Å². The number of rotatable bonds is 4. The fourth-order valence-electron chi connectivity index (χ4n) is 2.16. The van der Waals surface area contributed by atoms with Crippen molar-refractivity contribution in [2.75, 3.05) is 6.54 Å². The monoisotopic (exact) mass is 296 g/mol. The van der Waals surface area contributed by atoms with Gasteiger partial charge in [-0.2, -0.15) is 0 Å². The summed E-state index contributed by atoms with van der Waals surface area (Å²) in [4.78, 5) is 35.3. The number of carboxylic acids is 1. The second-order valence-corrected chi connectivity index (χ2v) is 5.29. The molecule has 1 saturated heterocycles. The normalized spacial score (nSPS) is 22.0. The SMILES string of the molecule is CC1(Cc2ccc(Cl)cc2)NC(=O)N(CC(=O)O)C1=O. The van der Waals surface area contributed by atoms with E-state index in [2.05, 4.69) is 5.32 Å². The Morgan fingerprint density at radius 2 is 1.95 bits per heavy atom. The Balaban J connectivity index is 2.18. The van der Waals surface area contributed by atoms with E-state index in [4.69, 9.17) is 16.7 Å². The number of benzene rings is 1. The van der Waals surface area contributed by atoms with Crippen LogP contribution in [0.4, 0.5) is 4.79 Å². The quantitative estimate of drug-likeness (QED) is 0.819. The van der Waals surface area contributed by atoms with E-state index in [0.29, 0.717) is 9.92 Å². The van der Waals surface area contributed by atoms with Crippen molar-refractivity contribution in [3.05, 3.63) is 34.9 Å². The summed E-state index contributed by atoms with van der Waals surface area (Å²) in [6.07, 6.45) is 0.269. The van der Waals surface area contributed by atoms with E-state index >= 15 is 0 Å². The first-order chi connectivity index (χ1) is 9.32. The van der Waals surface area contributed by atoms with Crippen molar-refractivity contribution < 1.29 is 19.5 Å². The van der Waals surface area contributed by atoms with Crippen molar-refractivity contribution in [2.45, 2.75) is 18.9 Å². The molecule has 20 heavy (non-hydrogen) atoms. The highest BCUT2D eigenvalue weighted by Gasteiger charge is 2.48. The molecule has 0 aromatic heterocycles. The first kappa shape index (κ1) is 14.3. The van der Waals surface area contributed by atoms with Gasteiger partial charge in [-0.25, -0.2) is 4.79 Å². The topological polar surface area (TPSA) is 86.7 Å². The van der Waals surface area contributed by atoms with Gasteiger partial charge in [-0.15, -0.1) is 0 Å². The van der Waals surface area contributed by atoms with Crippen LogP contribution in [0.25, 0.3) is 0 Å². The molecule has 106 valence electrons. The van der Waals surface area contributed by atoms with Gasteiger partial charge in [0.25, 0.3) is 5.91 Å². The molecule has 1 fully saturated rings. The predicted molar refractivity (Wildman–Crippen MR) is 71.4 cm³/mol. The average molecular weight is 297 g/mol. The standard InChI is InChI=1S/C13H13ClN2O4/c1-13(6-8-2-4-9(14)5-3-8)11(19)16(7-10(17)18)12(20)15-13/h2-5H,6-7H2,1H3,(H,15,20)(H,17,18). The first-order valence-corrected chi connectivity index (χ1v) is 6.30. The lowest BCUT2D eigenvalue weighted by molar-refractivity contribution is -0.142. The van der Waals surface area contributed by atoms with Gasteiger partial charge in [-0.1, -0.05) is 23.7 Å². The summed E-state index contributed by atoms with van der Waals surface area (Å²) in [5.41, 5.74) is -0.317. The Labute approximate surface area is 120 Å². The van der Waals surface area contributed by atoms with Gasteiger partial charge in [0.05, 0.1) is 0 Å². The molecule has 1 unspecified atom stereocenters. The lowest BCUT2D eigenvalue weighted by Crippen LogP contribution is -2.46. The molecule has 3 amide bonds. The van der Waals surface area contributed by atoms with Crippen LogP contribution in [0.3, 0.4) is 0 Å². The van der Waals surface area contributed by atoms with Crippen LogP contribution in [-0.4, -0.2) is 40.0 Å². The summed E-state index contributed by atoms with van der Waals surface area (Å²) < 4.78 is 0. The number of imide groups is 1. The molecule has 1 atom stereocenters. The Hall–Kier alpha value is -2.08. The Kier molecular flexibility index (Phi) is 3.67. The maximum Gasteiger partial charge on any atom is 0.325 e. The van der Waals surface area contributed by atoms with Crippen molar-refractivity contribution in [3.63, 3.8) is 0 Å². The Bertz CT molecular complexity index is 572. The van der Waals surface area contributed by atoms with Gasteiger partial charge in [-0.05, 0) is 24.6 Å². The van der Waals surface area contributed by atoms with E-state index in [1.165, 1.54) is 0 Å². The zero-order chi connectivity index (χ0) is 14.9. The zero-order valence-corrected chi connectivity index (χ0v) is 11.5. The fourth-order valence-corrected chi connectivity index (χ4v) is 2.28. The minimum atomic E-state index is -1.23. The van der Waals surface area contributed by atoms with Gasteiger partial charge in [0.2, 0.25) is 0 Å². The number of carboxylic acid groups (broad SMARTS) is 1. The number of urea groups is 1. The van der Waals surface area contributed by atoms with E-state index in [9.17, 15) is 14.4 Å². The number of aliphatic carboxylic acids is 1. The molecular weight excluding hydrogens is 284 g/mol. The molecule has 1 aromatic carbocycles. The maximum absolute atomic E-state index is 12.2. The summed E-state index contributed by atoms with van der Waals surface area (Å²) in [5, 5.41) is 11.8. The molecule has 0 aliphatic carbocycles. The number of amides is 3. The summed E-state index contributed by atoms with van der Waals surface area (Å²) in [7, 11) is 0. The van der Waals surface area contributed by atoms with E-state index in [-0.39, 0.29) is 6.42 Å². The molecule has 2 rings (SSSR count). The van der Waals surface area contributed by atoms with Gasteiger partial charge in [0.1, 0.15) is 12.1 Å². The number of hydrogen-bond acceptors (Lipinski definition) is 3. The molecule has 0 radical (unpaired) electrons. The number of halogens is 1. The Morgan fingerprint density at radius 3 is 2.50 bits per heavy atom. The molecule has 6 nitrogen and oxygen atoms in total. The smallest absolute Gasteiger partial charge is 0.325 e. The van der Waals surface area contributed by atoms with Crippen LogP contribution in [0.2, 0.25) is 5.02 Å². The van der Waals surface area contributed by atoms with Crippen LogP contribution in [0.15, 0.2) is 24.3 Å². The van der Waals surface area contributed by atoms with E-state index in [1.807, 2.05) is 0 Å². The highest BCUT2D eigenvalue weighted by Crippen LogP contribution is 2.23. The van der Waals surface area contributed by atoms with Gasteiger partial charge < -0.3 is 10.4 Å². The van der Waals surface area contributed by atoms with Gasteiger partial charge in [0.15, 0.2) is 0 Å². The molecule has 2 N–H and O–H groups in total. The van der Waals surface area contributed by atoms with Crippen molar-refractivity contribution in [1.82, 2.24) is 10.2 Å². The molecule has 7 heteroatoms. The third-order valence-electron chi connectivity index (χ3n) is 3.11. The molecular formula is C13H13ClN2O4. The molecule has 0 bridgehead atoms. The van der Waals surface area contributed by atoms with E-state index in [1.54, 1.807) is 31.2 Å². The average Bonchev–Trinajstić information content (AvgIpc) is 2.56.